The van der Waals surface area contributed by atoms with Crippen molar-refractivity contribution in [1.82, 2.24) is 0 Å². The molecule has 50 heavy (non-hydrogen) atoms. The molecular weight excluding hydrogens is 617 g/mol. The first kappa shape index (κ1) is 39.6. The molecule has 0 amide bonds. The van der Waals surface area contributed by atoms with Gasteiger partial charge in [-0.1, -0.05) is 132 Å². The van der Waals surface area contributed by atoms with Gasteiger partial charge in [-0.05, 0) is 112 Å². The first-order chi connectivity index (χ1) is 24.4. The molecule has 4 atom stereocenters. The number of esters is 2. The summed E-state index contributed by atoms with van der Waals surface area (Å²) in [5, 5.41) is 0. The number of rotatable bonds is 14. The summed E-state index contributed by atoms with van der Waals surface area (Å²) in [6.45, 7) is 8.79. The fourth-order valence-corrected chi connectivity index (χ4v) is 8.66. The maximum atomic E-state index is 13.5. The van der Waals surface area contributed by atoms with Crippen molar-refractivity contribution in [2.24, 2.45) is 29.6 Å². The molecule has 2 saturated carbocycles. The lowest BCUT2D eigenvalue weighted by Crippen LogP contribution is -2.32. The van der Waals surface area contributed by atoms with E-state index in [-0.39, 0.29) is 18.5 Å². The quantitative estimate of drug-likeness (QED) is 0.104. The van der Waals surface area contributed by atoms with Crippen LogP contribution >= 0.6 is 0 Å². The van der Waals surface area contributed by atoms with Crippen LogP contribution in [0.3, 0.4) is 0 Å². The van der Waals surface area contributed by atoms with Crippen LogP contribution in [0.2, 0.25) is 0 Å². The number of allylic oxidation sites excluding steroid dienone is 12. The summed E-state index contributed by atoms with van der Waals surface area (Å²) < 4.78 is 11.9. The van der Waals surface area contributed by atoms with Crippen LogP contribution in [0.15, 0.2) is 95.2 Å². The molecule has 2 fully saturated rings. The summed E-state index contributed by atoms with van der Waals surface area (Å²) in [5.74, 6) is 2.03. The van der Waals surface area contributed by atoms with Crippen LogP contribution in [-0.4, -0.2) is 24.6 Å². The maximum absolute atomic E-state index is 13.5. The molecule has 0 aromatic heterocycles. The van der Waals surface area contributed by atoms with Crippen LogP contribution in [0.4, 0.5) is 0 Å². The van der Waals surface area contributed by atoms with Crippen LogP contribution in [0.1, 0.15) is 137 Å². The van der Waals surface area contributed by atoms with Gasteiger partial charge in [0.1, 0.15) is 12.7 Å². The summed E-state index contributed by atoms with van der Waals surface area (Å²) in [7, 11) is 0. The van der Waals surface area contributed by atoms with E-state index in [0.717, 1.165) is 30.3 Å². The second kappa shape index (κ2) is 21.9. The van der Waals surface area contributed by atoms with Gasteiger partial charge >= 0.3 is 11.9 Å². The highest BCUT2D eigenvalue weighted by molar-refractivity contribution is 5.92. The van der Waals surface area contributed by atoms with Crippen molar-refractivity contribution < 1.29 is 19.1 Å². The third kappa shape index (κ3) is 12.9. The molecule has 0 aliphatic heterocycles. The van der Waals surface area contributed by atoms with Crippen LogP contribution in [0.5, 0.6) is 0 Å². The van der Waals surface area contributed by atoms with E-state index in [9.17, 15) is 9.59 Å². The molecule has 0 spiro atoms. The van der Waals surface area contributed by atoms with Gasteiger partial charge in [0.25, 0.3) is 0 Å². The lowest BCUT2D eigenvalue weighted by molar-refractivity contribution is -0.155. The van der Waals surface area contributed by atoms with Crippen LogP contribution in [0, 0.1) is 29.6 Å². The fraction of sp³-hybridized carbons (Fsp3) is 0.609. The third-order valence-corrected chi connectivity index (χ3v) is 11.5. The molecule has 4 rings (SSSR count). The molecule has 0 N–H and O–H groups in total. The van der Waals surface area contributed by atoms with E-state index in [1.54, 1.807) is 6.08 Å². The highest BCUT2D eigenvalue weighted by Crippen LogP contribution is 2.37. The Kier molecular flexibility index (Phi) is 17.4. The zero-order valence-electron chi connectivity index (χ0n) is 31.8. The predicted molar refractivity (Wildman–Crippen MR) is 208 cm³/mol. The van der Waals surface area contributed by atoms with Crippen LogP contribution in [-0.2, 0) is 19.1 Å². The summed E-state index contributed by atoms with van der Waals surface area (Å²) in [5.41, 5.74) is 4.38. The highest BCUT2D eigenvalue weighted by atomic mass is 16.6. The number of carbonyl (C=O) groups is 2. The van der Waals surface area contributed by atoms with Gasteiger partial charge in [0.2, 0.25) is 0 Å². The van der Waals surface area contributed by atoms with Gasteiger partial charge in [0, 0.05) is 12.0 Å². The van der Waals surface area contributed by atoms with Gasteiger partial charge in [-0.3, -0.25) is 0 Å². The van der Waals surface area contributed by atoms with E-state index in [2.05, 4.69) is 58.1 Å². The number of ether oxygens (including phenoxy) is 2. The van der Waals surface area contributed by atoms with Gasteiger partial charge in [-0.25, -0.2) is 9.59 Å². The summed E-state index contributed by atoms with van der Waals surface area (Å²) in [4.78, 5) is 26.6. The van der Waals surface area contributed by atoms with Crippen molar-refractivity contribution in [2.45, 2.75) is 143 Å². The Morgan fingerprint density at radius 2 is 1.56 bits per heavy atom. The van der Waals surface area contributed by atoms with Crippen LogP contribution in [0.25, 0.3) is 0 Å². The largest absolute Gasteiger partial charge is 0.459 e. The molecule has 4 aliphatic carbocycles. The Bertz CT molecular complexity index is 1330. The average Bonchev–Trinajstić information content (AvgIpc) is 3.33. The van der Waals surface area contributed by atoms with E-state index in [1.165, 1.54) is 107 Å². The number of hydrogen-bond acceptors (Lipinski definition) is 4. The smallest absolute Gasteiger partial charge is 0.338 e. The predicted octanol–water partition coefficient (Wildman–Crippen LogP) is 12.2. The van der Waals surface area contributed by atoms with Crippen molar-refractivity contribution in [3.8, 4) is 0 Å². The van der Waals surface area contributed by atoms with E-state index >= 15 is 0 Å². The lowest BCUT2D eigenvalue weighted by Gasteiger charge is -2.29. The van der Waals surface area contributed by atoms with Gasteiger partial charge in [0.05, 0.1) is 5.57 Å². The van der Waals surface area contributed by atoms with Gasteiger partial charge in [-0.2, -0.15) is 0 Å². The molecule has 274 valence electrons. The average molecular weight is 683 g/mol. The Balaban J connectivity index is 1.35. The monoisotopic (exact) mass is 682 g/mol. The minimum atomic E-state index is -0.564. The molecule has 0 radical (unpaired) electrons. The Labute approximate surface area is 304 Å². The van der Waals surface area contributed by atoms with Crippen LogP contribution < -0.4 is 0 Å². The third-order valence-electron chi connectivity index (χ3n) is 11.5. The van der Waals surface area contributed by atoms with Gasteiger partial charge in [-0.15, -0.1) is 0 Å². The second-order valence-electron chi connectivity index (χ2n) is 15.3. The second-order valence-corrected chi connectivity index (χ2v) is 15.3. The van der Waals surface area contributed by atoms with Crippen molar-refractivity contribution in [3.63, 3.8) is 0 Å². The fourth-order valence-electron chi connectivity index (χ4n) is 8.66. The van der Waals surface area contributed by atoms with Crippen molar-refractivity contribution in [3.05, 3.63) is 95.2 Å². The zero-order valence-corrected chi connectivity index (χ0v) is 31.8. The lowest BCUT2D eigenvalue weighted by atomic mass is 9.77. The molecule has 0 saturated heterocycles. The van der Waals surface area contributed by atoms with Gasteiger partial charge < -0.3 is 9.47 Å². The van der Waals surface area contributed by atoms with E-state index in [0.29, 0.717) is 17.4 Å². The van der Waals surface area contributed by atoms with E-state index in [1.807, 2.05) is 36.5 Å². The van der Waals surface area contributed by atoms with E-state index < -0.39 is 12.1 Å². The molecule has 4 aliphatic rings. The van der Waals surface area contributed by atoms with E-state index in [4.69, 9.17) is 9.47 Å². The minimum Gasteiger partial charge on any atom is -0.459 e. The minimum absolute atomic E-state index is 0.0191. The Hall–Kier alpha value is -3.14. The number of carbonyl (C=O) groups excluding carboxylic acids is 2. The topological polar surface area (TPSA) is 52.6 Å². The zero-order chi connectivity index (χ0) is 35.6. The number of hydrogen-bond donors (Lipinski definition) is 0. The first-order valence-corrected chi connectivity index (χ1v) is 20.2. The molecule has 4 heteroatoms. The Morgan fingerprint density at radius 1 is 0.840 bits per heavy atom. The van der Waals surface area contributed by atoms with Crippen molar-refractivity contribution >= 4 is 11.9 Å². The van der Waals surface area contributed by atoms with Gasteiger partial charge in [0.15, 0.2) is 0 Å². The van der Waals surface area contributed by atoms with Crippen molar-refractivity contribution in [1.29, 1.82) is 0 Å². The molecule has 4 nitrogen and oxygen atoms in total. The molecule has 0 aromatic rings. The molecule has 2 unspecified atom stereocenters. The standard InChI is InChI=1S/C46H66O4/c1-5-15-36-18-11-12-20-40(24-13-19-36)43(17-7-3)35(4)26-33-45(47)49-34-44(41-21-9-8-10-22-41)50-46(48)42-25-14-23-38(31-32-42)39-29-27-37(16-6-2)28-30-39/h7-10,17,21,23,25-26,31-33,36-37,39-41,44H,5-6,11-16,18-20,22,24,27-30,34H2,1-4H3/b17-7-,33-26+,43-35+/t36?,37?,39?,40-,41?,44+/m1/s1. The SMILES string of the molecule is C\C=C/C(=C(C)\C=C\C(=O)OC[C@H](OC(=O)C1=CCC=C(C2CCC(CCC)CC2)C=C1)C1C=CC=CC1)[C@@H]1CCCCC(CCC)CCC1. The normalized spacial score (nSPS) is 27.4. The molecule has 0 bridgehead atoms. The highest BCUT2D eigenvalue weighted by Gasteiger charge is 2.27. The molecule has 0 heterocycles. The van der Waals surface area contributed by atoms with Crippen molar-refractivity contribution in [2.75, 3.05) is 6.61 Å². The molecular formula is C46H66O4. The summed E-state index contributed by atoms with van der Waals surface area (Å²) >= 11 is 0. The summed E-state index contributed by atoms with van der Waals surface area (Å²) in [6, 6.07) is 0. The molecule has 0 aromatic carbocycles. The summed E-state index contributed by atoms with van der Waals surface area (Å²) in [6.07, 6.45) is 44.4. The first-order valence-electron chi connectivity index (χ1n) is 20.2. The Morgan fingerprint density at radius 3 is 2.28 bits per heavy atom. The maximum Gasteiger partial charge on any atom is 0.338 e.